The van der Waals surface area contributed by atoms with Gasteiger partial charge < -0.3 is 10.1 Å². The molecule has 86 valence electrons. The third kappa shape index (κ3) is 3.27. The molecular weight excluding hydrogens is 283 g/mol. The number of carbonyl (C=O) groups excluding carboxylic acids is 2. The van der Waals surface area contributed by atoms with Gasteiger partial charge in [-0.25, -0.2) is 9.37 Å². The zero-order valence-electron chi connectivity index (χ0n) is 8.29. The number of hydrogen-bond acceptors (Lipinski definition) is 4. The molecular formula is C9H8BrFN2O3. The molecule has 1 aromatic heterocycles. The highest BCUT2D eigenvalue weighted by Gasteiger charge is 2.14. The largest absolute Gasteiger partial charge is 0.468 e. The maximum Gasteiger partial charge on any atom is 0.325 e. The summed E-state index contributed by atoms with van der Waals surface area (Å²) < 4.78 is 18.0. The number of amides is 1. The lowest BCUT2D eigenvalue weighted by atomic mass is 10.3. The molecule has 0 unspecified atom stereocenters. The van der Waals surface area contributed by atoms with Gasteiger partial charge in [-0.3, -0.25) is 9.59 Å². The standard InChI is InChI=1S/C9H8BrFN2O3/c1-16-7(14)4-13-9(15)8-6(11)2-5(10)3-12-8/h2-3H,4H2,1H3,(H,13,15). The predicted octanol–water partition coefficient (Wildman–Crippen LogP) is 0.886. The second kappa shape index (κ2) is 5.55. The number of rotatable bonds is 3. The predicted molar refractivity (Wildman–Crippen MR) is 56.2 cm³/mol. The maximum absolute atomic E-state index is 13.2. The highest BCUT2D eigenvalue weighted by atomic mass is 79.9. The molecule has 1 N–H and O–H groups in total. The lowest BCUT2D eigenvalue weighted by Gasteiger charge is -2.04. The highest BCUT2D eigenvalue weighted by molar-refractivity contribution is 9.10. The van der Waals surface area contributed by atoms with E-state index in [4.69, 9.17) is 0 Å². The van der Waals surface area contributed by atoms with Crippen LogP contribution in [0.3, 0.4) is 0 Å². The minimum atomic E-state index is -0.768. The molecule has 5 nitrogen and oxygen atoms in total. The van der Waals surface area contributed by atoms with E-state index in [2.05, 4.69) is 31.0 Å². The van der Waals surface area contributed by atoms with Crippen LogP contribution in [0.2, 0.25) is 0 Å². The summed E-state index contributed by atoms with van der Waals surface area (Å²) in [6.45, 7) is -0.327. The molecule has 1 amide bonds. The van der Waals surface area contributed by atoms with E-state index in [0.717, 1.165) is 6.07 Å². The summed E-state index contributed by atoms with van der Waals surface area (Å²) in [7, 11) is 1.19. The quantitative estimate of drug-likeness (QED) is 0.840. The summed E-state index contributed by atoms with van der Waals surface area (Å²) in [4.78, 5) is 25.7. The second-order valence-electron chi connectivity index (χ2n) is 2.74. The molecule has 0 aliphatic carbocycles. The maximum atomic E-state index is 13.2. The summed E-state index contributed by atoms with van der Waals surface area (Å²) in [5.74, 6) is -2.15. The molecule has 0 aliphatic heterocycles. The Hall–Kier alpha value is -1.50. The van der Waals surface area contributed by atoms with Crippen molar-refractivity contribution < 1.29 is 18.7 Å². The molecule has 0 aromatic carbocycles. The first-order valence-corrected chi connectivity index (χ1v) is 5.00. The van der Waals surface area contributed by atoms with Crippen LogP contribution in [0.1, 0.15) is 10.5 Å². The number of carbonyl (C=O) groups is 2. The smallest absolute Gasteiger partial charge is 0.325 e. The van der Waals surface area contributed by atoms with Gasteiger partial charge in [0.25, 0.3) is 5.91 Å². The fourth-order valence-electron chi connectivity index (χ4n) is 0.890. The van der Waals surface area contributed by atoms with Crippen LogP contribution in [0.5, 0.6) is 0 Å². The molecule has 0 radical (unpaired) electrons. The second-order valence-corrected chi connectivity index (χ2v) is 3.66. The summed E-state index contributed by atoms with van der Waals surface area (Å²) in [6.07, 6.45) is 1.29. The first-order valence-electron chi connectivity index (χ1n) is 4.20. The van der Waals surface area contributed by atoms with E-state index >= 15 is 0 Å². The van der Waals surface area contributed by atoms with Gasteiger partial charge in [0.15, 0.2) is 11.5 Å². The van der Waals surface area contributed by atoms with Gasteiger partial charge in [-0.1, -0.05) is 0 Å². The first kappa shape index (κ1) is 12.6. The van der Waals surface area contributed by atoms with E-state index in [1.54, 1.807) is 0 Å². The average molecular weight is 291 g/mol. The van der Waals surface area contributed by atoms with Crippen LogP contribution in [-0.4, -0.2) is 30.5 Å². The van der Waals surface area contributed by atoms with Crippen molar-refractivity contribution in [2.45, 2.75) is 0 Å². The first-order chi connectivity index (χ1) is 7.54. The molecule has 1 heterocycles. The van der Waals surface area contributed by atoms with Crippen LogP contribution >= 0.6 is 15.9 Å². The van der Waals surface area contributed by atoms with Crippen LogP contribution in [-0.2, 0) is 9.53 Å². The molecule has 16 heavy (non-hydrogen) atoms. The lowest BCUT2D eigenvalue weighted by Crippen LogP contribution is -2.31. The third-order valence-electron chi connectivity index (χ3n) is 1.64. The van der Waals surface area contributed by atoms with Crippen LogP contribution in [0.15, 0.2) is 16.7 Å². The Balaban J connectivity index is 2.70. The molecule has 0 atom stereocenters. The number of methoxy groups -OCH3 is 1. The molecule has 0 aliphatic rings. The van der Waals surface area contributed by atoms with Gasteiger partial charge in [0.2, 0.25) is 0 Å². The number of nitrogens with one attached hydrogen (secondary N) is 1. The monoisotopic (exact) mass is 290 g/mol. The van der Waals surface area contributed by atoms with E-state index < -0.39 is 17.7 Å². The summed E-state index contributed by atoms with van der Waals surface area (Å²) >= 11 is 3.01. The summed E-state index contributed by atoms with van der Waals surface area (Å²) in [6, 6.07) is 1.11. The van der Waals surface area contributed by atoms with Gasteiger partial charge in [0, 0.05) is 10.7 Å². The van der Waals surface area contributed by atoms with Gasteiger partial charge in [0.05, 0.1) is 7.11 Å². The molecule has 0 spiro atoms. The van der Waals surface area contributed by atoms with E-state index in [9.17, 15) is 14.0 Å². The van der Waals surface area contributed by atoms with Gasteiger partial charge in [-0.15, -0.1) is 0 Å². The Morgan fingerprint density at radius 1 is 1.62 bits per heavy atom. The Bertz CT molecular complexity index is 425. The summed E-state index contributed by atoms with van der Waals surface area (Å²) in [5, 5.41) is 2.18. The number of pyridine rings is 1. The fourth-order valence-corrected chi connectivity index (χ4v) is 1.19. The van der Waals surface area contributed by atoms with Crippen molar-refractivity contribution in [1.82, 2.24) is 10.3 Å². The van der Waals surface area contributed by atoms with Crippen LogP contribution < -0.4 is 5.32 Å². The van der Waals surface area contributed by atoms with Gasteiger partial charge in [-0.2, -0.15) is 0 Å². The number of esters is 1. The molecule has 1 rings (SSSR count). The van der Waals surface area contributed by atoms with Crippen molar-refractivity contribution >= 4 is 27.8 Å². The van der Waals surface area contributed by atoms with Crippen molar-refractivity contribution in [1.29, 1.82) is 0 Å². The SMILES string of the molecule is COC(=O)CNC(=O)c1ncc(Br)cc1F. The van der Waals surface area contributed by atoms with Crippen LogP contribution in [0.25, 0.3) is 0 Å². The van der Waals surface area contributed by atoms with Crippen molar-refractivity contribution in [3.05, 3.63) is 28.2 Å². The molecule has 0 saturated heterocycles. The molecule has 7 heteroatoms. The minimum absolute atomic E-state index is 0.327. The van der Waals surface area contributed by atoms with Crippen molar-refractivity contribution in [3.63, 3.8) is 0 Å². The topological polar surface area (TPSA) is 68.3 Å². The average Bonchev–Trinajstić information content (AvgIpc) is 2.25. The Morgan fingerprint density at radius 3 is 2.88 bits per heavy atom. The van der Waals surface area contributed by atoms with E-state index in [1.807, 2.05) is 0 Å². The lowest BCUT2D eigenvalue weighted by molar-refractivity contribution is -0.139. The third-order valence-corrected chi connectivity index (χ3v) is 2.08. The molecule has 0 fully saturated rings. The number of aromatic nitrogens is 1. The van der Waals surface area contributed by atoms with Crippen molar-refractivity contribution in [2.24, 2.45) is 0 Å². The van der Waals surface area contributed by atoms with Crippen LogP contribution in [0, 0.1) is 5.82 Å². The summed E-state index contributed by atoms with van der Waals surface area (Å²) in [5.41, 5.74) is -0.368. The molecule has 0 saturated carbocycles. The number of hydrogen-bond donors (Lipinski definition) is 1. The molecule has 1 aromatic rings. The fraction of sp³-hybridized carbons (Fsp3) is 0.222. The number of ether oxygens (including phenoxy) is 1. The highest BCUT2D eigenvalue weighted by Crippen LogP contribution is 2.12. The number of halogens is 2. The van der Waals surface area contributed by atoms with Crippen molar-refractivity contribution in [2.75, 3.05) is 13.7 Å². The van der Waals surface area contributed by atoms with Gasteiger partial charge in [-0.05, 0) is 22.0 Å². The van der Waals surface area contributed by atoms with Crippen molar-refractivity contribution in [3.8, 4) is 0 Å². The van der Waals surface area contributed by atoms with Gasteiger partial charge in [0.1, 0.15) is 6.54 Å². The molecule has 0 bridgehead atoms. The van der Waals surface area contributed by atoms with E-state index in [0.29, 0.717) is 4.47 Å². The zero-order valence-corrected chi connectivity index (χ0v) is 9.88. The normalized spacial score (nSPS) is 9.69. The Morgan fingerprint density at radius 2 is 2.31 bits per heavy atom. The van der Waals surface area contributed by atoms with Crippen LogP contribution in [0.4, 0.5) is 4.39 Å². The van der Waals surface area contributed by atoms with Gasteiger partial charge >= 0.3 is 5.97 Å². The van der Waals surface area contributed by atoms with E-state index in [-0.39, 0.29) is 12.2 Å². The minimum Gasteiger partial charge on any atom is -0.468 e. The Labute approximate surface area is 99.1 Å². The van der Waals surface area contributed by atoms with E-state index in [1.165, 1.54) is 13.3 Å². The number of nitrogens with zero attached hydrogens (tertiary/aromatic N) is 1. The zero-order chi connectivity index (χ0) is 12.1. The Kier molecular flexibility index (Phi) is 4.36.